The molecule has 5 atom stereocenters. The van der Waals surface area contributed by atoms with Crippen molar-refractivity contribution in [3.8, 4) is 22.8 Å². The van der Waals surface area contributed by atoms with Gasteiger partial charge in [-0.25, -0.2) is 18.2 Å². The van der Waals surface area contributed by atoms with Crippen LogP contribution in [0, 0.1) is 11.8 Å². The maximum absolute atomic E-state index is 14.9. The molecule has 59 heavy (non-hydrogen) atoms. The predicted octanol–water partition coefficient (Wildman–Crippen LogP) is 5.41. The minimum atomic E-state index is -3.91. The average Bonchev–Trinajstić information content (AvgIpc) is 4.17. The molecule has 5 aliphatic rings. The predicted molar refractivity (Wildman–Crippen MR) is 221 cm³/mol. The molecule has 3 saturated carbocycles. The fourth-order valence-electron chi connectivity index (χ4n) is 8.75. The highest BCUT2D eigenvalue weighted by Crippen LogP contribution is 2.46. The number of pyridine rings is 1. The zero-order valence-corrected chi connectivity index (χ0v) is 34.0. The van der Waals surface area contributed by atoms with E-state index in [2.05, 4.69) is 21.9 Å². The van der Waals surface area contributed by atoms with Crippen molar-refractivity contribution >= 4 is 50.8 Å². The Morgan fingerprint density at radius 1 is 1.05 bits per heavy atom. The zero-order chi connectivity index (χ0) is 41.3. The number of ether oxygens (including phenoxy) is 3. The van der Waals surface area contributed by atoms with Gasteiger partial charge in [-0.3, -0.25) is 19.1 Å². The van der Waals surface area contributed by atoms with Crippen molar-refractivity contribution in [3.05, 3.63) is 72.8 Å². The van der Waals surface area contributed by atoms with Gasteiger partial charge in [-0.15, -0.1) is 6.58 Å². The molecule has 2 aliphatic heterocycles. The van der Waals surface area contributed by atoms with Crippen molar-refractivity contribution in [2.45, 2.75) is 99.6 Å². The number of nitrogens with one attached hydrogen (secondary N) is 3. The van der Waals surface area contributed by atoms with Crippen LogP contribution < -0.4 is 24.8 Å². The number of sulfonamides is 1. The molecule has 0 unspecified atom stereocenters. The van der Waals surface area contributed by atoms with Crippen LogP contribution in [0.5, 0.6) is 11.5 Å². The highest BCUT2D eigenvalue weighted by Gasteiger charge is 2.62. The lowest BCUT2D eigenvalue weighted by molar-refractivity contribution is -0.142. The van der Waals surface area contributed by atoms with E-state index in [9.17, 15) is 27.6 Å². The van der Waals surface area contributed by atoms with Crippen molar-refractivity contribution < 1.29 is 41.8 Å². The summed E-state index contributed by atoms with van der Waals surface area (Å²) in [6.07, 6.45) is 10.5. The Morgan fingerprint density at radius 2 is 1.83 bits per heavy atom. The molecule has 8 rings (SSSR count). The minimum absolute atomic E-state index is 0.00951. The highest BCUT2D eigenvalue weighted by atomic mass is 32.2. The molecule has 1 saturated heterocycles. The smallest absolute Gasteiger partial charge is 0.407 e. The molecule has 3 aliphatic carbocycles. The standard InChI is InChI=1S/C44H51N5O9S/c1-3-30-25-44(30,42(52)48-59(54,55)32-18-19-32)47-40(50)36-22-31-26-49(36)41(51)39(28-15-9-5-10-16-28)46-43(53)57-20-12-6-11-17-29-21-33-35(24-37(29)56-2)45-34(23-38(33)58-31)27-13-7-4-8-14-27/h3-4,7-8,11,13-14,17,21,23-24,28,30-32,36,39H,1,5-6,9-10,12,15-16,18-20,22,25-26H2,2H3,(H,46,53)(H,47,50)(H,48,52)/b17-11+/t30-,31-,36+,39+,44-/m1/s1. The summed E-state index contributed by atoms with van der Waals surface area (Å²) in [6.45, 7) is 3.94. The number of methoxy groups -OCH3 is 1. The third-order valence-electron chi connectivity index (χ3n) is 12.3. The number of aromatic nitrogens is 1. The molecule has 2 aromatic carbocycles. The van der Waals surface area contributed by atoms with E-state index in [0.717, 1.165) is 30.4 Å². The first kappa shape index (κ1) is 40.3. The van der Waals surface area contributed by atoms with Gasteiger partial charge in [-0.05, 0) is 56.9 Å². The van der Waals surface area contributed by atoms with E-state index < -0.39 is 68.7 Å². The molecule has 312 valence electrons. The van der Waals surface area contributed by atoms with Crippen LogP contribution in [-0.4, -0.2) is 91.4 Å². The number of carbonyl (C=O) groups is 4. The van der Waals surface area contributed by atoms with Crippen LogP contribution in [0.2, 0.25) is 0 Å². The van der Waals surface area contributed by atoms with Gasteiger partial charge >= 0.3 is 6.09 Å². The minimum Gasteiger partial charge on any atom is -0.496 e. The summed E-state index contributed by atoms with van der Waals surface area (Å²) < 4.78 is 46.1. The van der Waals surface area contributed by atoms with Crippen LogP contribution in [-0.2, 0) is 29.1 Å². The van der Waals surface area contributed by atoms with Crippen LogP contribution in [0.1, 0.15) is 76.2 Å². The molecule has 4 bridgehead atoms. The number of amides is 4. The lowest BCUT2D eigenvalue weighted by atomic mass is 9.83. The summed E-state index contributed by atoms with van der Waals surface area (Å²) in [5, 5.41) is 5.79. The topological polar surface area (TPSA) is 182 Å². The lowest BCUT2D eigenvalue weighted by Crippen LogP contribution is -2.59. The summed E-state index contributed by atoms with van der Waals surface area (Å²) in [5.41, 5.74) is 1.36. The molecule has 3 aromatic rings. The Morgan fingerprint density at radius 3 is 2.54 bits per heavy atom. The molecule has 1 aromatic heterocycles. The van der Waals surface area contributed by atoms with Crippen molar-refractivity contribution in [2.75, 3.05) is 20.3 Å². The number of hydrogen-bond donors (Lipinski definition) is 3. The van der Waals surface area contributed by atoms with E-state index in [1.165, 1.54) is 11.0 Å². The number of alkyl carbamates (subject to hydrolysis) is 1. The molecule has 4 fully saturated rings. The first-order valence-corrected chi connectivity index (χ1v) is 22.2. The number of hydrogen-bond acceptors (Lipinski definition) is 10. The molecule has 4 amide bonds. The number of rotatable bonds is 9. The first-order valence-electron chi connectivity index (χ1n) is 20.7. The van der Waals surface area contributed by atoms with Crippen LogP contribution in [0.3, 0.4) is 0 Å². The van der Waals surface area contributed by atoms with Crippen molar-refractivity contribution in [3.63, 3.8) is 0 Å². The summed E-state index contributed by atoms with van der Waals surface area (Å²) in [6, 6.07) is 13.2. The summed E-state index contributed by atoms with van der Waals surface area (Å²) in [4.78, 5) is 62.9. The van der Waals surface area contributed by atoms with Crippen LogP contribution in [0.4, 0.5) is 4.79 Å². The Balaban J connectivity index is 1.18. The summed E-state index contributed by atoms with van der Waals surface area (Å²) >= 11 is 0. The number of cyclic esters (lactones) is 1. The van der Waals surface area contributed by atoms with Crippen molar-refractivity contribution in [1.82, 2.24) is 25.2 Å². The van der Waals surface area contributed by atoms with E-state index in [0.29, 0.717) is 66.6 Å². The Hall–Kier alpha value is -5.44. The number of fused-ring (bicyclic) bond motifs is 3. The Kier molecular flexibility index (Phi) is 11.4. The van der Waals surface area contributed by atoms with Crippen molar-refractivity contribution in [2.24, 2.45) is 11.8 Å². The van der Waals surface area contributed by atoms with Crippen LogP contribution in [0.25, 0.3) is 28.2 Å². The maximum Gasteiger partial charge on any atom is 0.407 e. The van der Waals surface area contributed by atoms with E-state index >= 15 is 0 Å². The van der Waals surface area contributed by atoms with Gasteiger partial charge < -0.3 is 29.7 Å². The normalized spacial score (nSPS) is 27.0. The molecule has 0 radical (unpaired) electrons. The third-order valence-corrected chi connectivity index (χ3v) is 14.1. The number of carbonyl (C=O) groups excluding carboxylic acids is 4. The fourth-order valence-corrected chi connectivity index (χ4v) is 10.1. The zero-order valence-electron chi connectivity index (χ0n) is 33.2. The molecule has 3 heterocycles. The average molecular weight is 826 g/mol. The van der Waals surface area contributed by atoms with Gasteiger partial charge in [0.15, 0.2) is 0 Å². The van der Waals surface area contributed by atoms with E-state index in [1.54, 1.807) is 7.11 Å². The van der Waals surface area contributed by atoms with Gasteiger partial charge in [-0.1, -0.05) is 67.8 Å². The van der Waals surface area contributed by atoms with Gasteiger partial charge in [0, 0.05) is 41.0 Å². The SMILES string of the molecule is C=C[C@@H]1C[C@]1(NC(=O)[C@@H]1C[C@@H]2CN1C(=O)[C@H](C1CCCCC1)NC(=O)OCCC/C=C/c1cc3c(cc(-c4ccccc4)nc3cc1OC)O2)C(=O)NS(=O)(=O)C1CC1. The second-order valence-corrected chi connectivity index (χ2v) is 18.3. The van der Waals surface area contributed by atoms with Gasteiger partial charge in [0.1, 0.15) is 35.2 Å². The molecular formula is C44H51N5O9S. The van der Waals surface area contributed by atoms with Gasteiger partial charge in [-0.2, -0.15) is 0 Å². The Bertz CT molecular complexity index is 2270. The van der Waals surface area contributed by atoms with E-state index in [-0.39, 0.29) is 31.9 Å². The number of allylic oxidation sites excluding steroid dienone is 1. The van der Waals surface area contributed by atoms with Gasteiger partial charge in [0.25, 0.3) is 5.91 Å². The van der Waals surface area contributed by atoms with Gasteiger partial charge in [0.05, 0.1) is 36.7 Å². The van der Waals surface area contributed by atoms with E-state index in [1.807, 2.05) is 60.7 Å². The molecule has 14 nitrogen and oxygen atoms in total. The second-order valence-electron chi connectivity index (χ2n) is 16.3. The van der Waals surface area contributed by atoms with Gasteiger partial charge in [0.2, 0.25) is 21.8 Å². The van der Waals surface area contributed by atoms with Crippen LogP contribution >= 0.6 is 0 Å². The van der Waals surface area contributed by atoms with Crippen LogP contribution in [0.15, 0.2) is 67.3 Å². The maximum atomic E-state index is 14.9. The molecular weight excluding hydrogens is 775 g/mol. The second kappa shape index (κ2) is 16.7. The number of benzene rings is 2. The fraction of sp³-hybridized carbons (Fsp3) is 0.477. The largest absolute Gasteiger partial charge is 0.496 e. The quantitative estimate of drug-likeness (QED) is 0.236. The summed E-state index contributed by atoms with van der Waals surface area (Å²) in [5.74, 6) is -1.53. The lowest BCUT2D eigenvalue weighted by Gasteiger charge is -2.34. The molecule has 15 heteroatoms. The number of nitrogens with zero attached hydrogens (tertiary/aromatic N) is 2. The monoisotopic (exact) mass is 825 g/mol. The summed E-state index contributed by atoms with van der Waals surface area (Å²) in [7, 11) is -2.32. The molecule has 3 N–H and O–H groups in total. The third kappa shape index (κ3) is 8.52. The highest BCUT2D eigenvalue weighted by molar-refractivity contribution is 7.91. The van der Waals surface area contributed by atoms with Crippen molar-refractivity contribution in [1.29, 1.82) is 0 Å². The van der Waals surface area contributed by atoms with E-state index in [4.69, 9.17) is 19.2 Å². The Labute approximate surface area is 344 Å². The first-order chi connectivity index (χ1) is 28.5. The molecule has 0 spiro atoms.